The minimum absolute atomic E-state index is 0.0938. The first-order valence-corrected chi connectivity index (χ1v) is 6.32. The summed E-state index contributed by atoms with van der Waals surface area (Å²) in [5.41, 5.74) is 0.656. The van der Waals surface area contributed by atoms with E-state index in [9.17, 15) is 4.79 Å². The van der Waals surface area contributed by atoms with E-state index in [1.54, 1.807) is 12.1 Å². The third kappa shape index (κ3) is 1.77. The summed E-state index contributed by atoms with van der Waals surface area (Å²) in [4.78, 5) is 12.3. The average Bonchev–Trinajstić information content (AvgIpc) is 2.93. The lowest BCUT2D eigenvalue weighted by Crippen LogP contribution is -2.00. The molecule has 0 aliphatic heterocycles. The van der Waals surface area contributed by atoms with E-state index < -0.39 is 0 Å². The molecule has 0 saturated heterocycles. The molecule has 88 valence electrons. The Morgan fingerprint density at radius 1 is 0.944 bits per heavy atom. The van der Waals surface area contributed by atoms with Gasteiger partial charge < -0.3 is 4.42 Å². The summed E-state index contributed by atoms with van der Waals surface area (Å²) >= 11 is 3.49. The van der Waals surface area contributed by atoms with Crippen molar-refractivity contribution in [3.8, 4) is 0 Å². The molecule has 0 N–H and O–H groups in total. The van der Waals surface area contributed by atoms with Gasteiger partial charge in [-0.25, -0.2) is 0 Å². The van der Waals surface area contributed by atoms with Gasteiger partial charge in [0, 0.05) is 10.0 Å². The Hall–Kier alpha value is -1.87. The van der Waals surface area contributed by atoms with Crippen molar-refractivity contribution in [3.05, 3.63) is 70.6 Å². The molecule has 0 amide bonds. The van der Waals surface area contributed by atoms with Crippen molar-refractivity contribution in [3.63, 3.8) is 0 Å². The van der Waals surface area contributed by atoms with E-state index >= 15 is 0 Å². The van der Waals surface area contributed by atoms with E-state index in [4.69, 9.17) is 4.42 Å². The van der Waals surface area contributed by atoms with Crippen molar-refractivity contribution in [2.45, 2.75) is 0 Å². The molecule has 3 aromatic rings. The molecule has 1 aromatic heterocycles. The molecule has 0 aliphatic rings. The number of furan rings is 1. The van der Waals surface area contributed by atoms with Crippen LogP contribution in [0.1, 0.15) is 16.1 Å². The summed E-state index contributed by atoms with van der Waals surface area (Å²) in [5.74, 6) is 0.270. The van der Waals surface area contributed by atoms with E-state index in [2.05, 4.69) is 15.9 Å². The number of hydrogen-bond acceptors (Lipinski definition) is 2. The Balaban J connectivity index is 2.25. The molecule has 18 heavy (non-hydrogen) atoms. The zero-order valence-corrected chi connectivity index (χ0v) is 11.0. The summed E-state index contributed by atoms with van der Waals surface area (Å²) in [6.07, 6.45) is 1.51. The summed E-state index contributed by atoms with van der Waals surface area (Å²) < 4.78 is 6.15. The van der Waals surface area contributed by atoms with Gasteiger partial charge in [0.1, 0.15) is 0 Å². The van der Waals surface area contributed by atoms with Gasteiger partial charge in [-0.3, -0.25) is 4.79 Å². The van der Waals surface area contributed by atoms with E-state index in [1.165, 1.54) is 6.26 Å². The molecule has 0 bridgehead atoms. The number of halogens is 1. The second kappa shape index (κ2) is 4.42. The predicted octanol–water partition coefficient (Wildman–Crippen LogP) is 4.43. The predicted molar refractivity (Wildman–Crippen MR) is 73.8 cm³/mol. The second-order valence-electron chi connectivity index (χ2n) is 3.95. The van der Waals surface area contributed by atoms with Crippen LogP contribution in [0.25, 0.3) is 10.8 Å². The summed E-state index contributed by atoms with van der Waals surface area (Å²) in [7, 11) is 0. The molecule has 0 radical (unpaired) electrons. The maximum absolute atomic E-state index is 12.3. The molecule has 0 unspecified atom stereocenters. The van der Waals surface area contributed by atoms with E-state index in [0.29, 0.717) is 11.3 Å². The van der Waals surface area contributed by atoms with Gasteiger partial charge in [0.2, 0.25) is 5.78 Å². The highest BCUT2D eigenvalue weighted by Gasteiger charge is 2.15. The Labute approximate surface area is 112 Å². The van der Waals surface area contributed by atoms with Crippen LogP contribution in [0.4, 0.5) is 0 Å². The Kier molecular flexibility index (Phi) is 2.76. The number of ketones is 1. The minimum atomic E-state index is -0.0938. The van der Waals surface area contributed by atoms with Gasteiger partial charge in [-0.1, -0.05) is 40.2 Å². The van der Waals surface area contributed by atoms with Crippen LogP contribution in [0.5, 0.6) is 0 Å². The molecular formula is C15H9BrO2. The third-order valence-electron chi connectivity index (χ3n) is 2.86. The quantitative estimate of drug-likeness (QED) is 0.656. The second-order valence-corrected chi connectivity index (χ2v) is 4.80. The highest BCUT2D eigenvalue weighted by Crippen LogP contribution is 2.28. The summed E-state index contributed by atoms with van der Waals surface area (Å²) in [6, 6.07) is 14.9. The van der Waals surface area contributed by atoms with Gasteiger partial charge in [-0.05, 0) is 35.0 Å². The largest absolute Gasteiger partial charge is 0.461 e. The first-order valence-electron chi connectivity index (χ1n) is 5.53. The Morgan fingerprint density at radius 3 is 2.44 bits per heavy atom. The van der Waals surface area contributed by atoms with Crippen LogP contribution < -0.4 is 0 Å². The molecule has 3 heteroatoms. The van der Waals surface area contributed by atoms with Gasteiger partial charge in [-0.2, -0.15) is 0 Å². The van der Waals surface area contributed by atoms with Gasteiger partial charge >= 0.3 is 0 Å². The maximum Gasteiger partial charge on any atom is 0.228 e. The lowest BCUT2D eigenvalue weighted by Gasteiger charge is -2.05. The van der Waals surface area contributed by atoms with Crippen LogP contribution in [-0.4, -0.2) is 5.78 Å². The number of fused-ring (bicyclic) bond motifs is 1. The third-order valence-corrected chi connectivity index (χ3v) is 3.55. The van der Waals surface area contributed by atoms with Crippen molar-refractivity contribution >= 4 is 32.5 Å². The number of rotatable bonds is 2. The first-order chi connectivity index (χ1) is 8.77. The van der Waals surface area contributed by atoms with Gasteiger partial charge in [0.15, 0.2) is 5.76 Å². The van der Waals surface area contributed by atoms with Gasteiger partial charge in [0.25, 0.3) is 0 Å². The molecule has 0 saturated carbocycles. The summed E-state index contributed by atoms with van der Waals surface area (Å²) in [5, 5.41) is 1.95. The van der Waals surface area contributed by atoms with Crippen LogP contribution in [0.3, 0.4) is 0 Å². The van der Waals surface area contributed by atoms with Crippen molar-refractivity contribution < 1.29 is 9.21 Å². The highest BCUT2D eigenvalue weighted by molar-refractivity contribution is 9.10. The van der Waals surface area contributed by atoms with Gasteiger partial charge in [-0.15, -0.1) is 0 Å². The minimum Gasteiger partial charge on any atom is -0.461 e. The first kappa shape index (κ1) is 11.2. The van der Waals surface area contributed by atoms with Crippen molar-refractivity contribution in [1.29, 1.82) is 0 Å². The van der Waals surface area contributed by atoms with Crippen LogP contribution >= 0.6 is 15.9 Å². The average molecular weight is 301 g/mol. The number of hydrogen-bond donors (Lipinski definition) is 0. The Bertz CT molecular complexity index is 714. The van der Waals surface area contributed by atoms with Crippen molar-refractivity contribution in [2.24, 2.45) is 0 Å². The maximum atomic E-state index is 12.3. The fourth-order valence-corrected chi connectivity index (χ4v) is 2.48. The monoisotopic (exact) mass is 300 g/mol. The molecule has 0 fully saturated rings. The number of benzene rings is 2. The molecular weight excluding hydrogens is 292 g/mol. The lowest BCUT2D eigenvalue weighted by molar-refractivity contribution is 0.101. The molecule has 0 spiro atoms. The zero-order chi connectivity index (χ0) is 12.5. The van der Waals surface area contributed by atoms with Crippen molar-refractivity contribution in [1.82, 2.24) is 0 Å². The van der Waals surface area contributed by atoms with E-state index in [0.717, 1.165) is 15.2 Å². The van der Waals surface area contributed by atoms with Crippen LogP contribution in [0.2, 0.25) is 0 Å². The number of carbonyl (C=O) groups excluding carboxylic acids is 1. The molecule has 0 atom stereocenters. The topological polar surface area (TPSA) is 30.2 Å². The smallest absolute Gasteiger partial charge is 0.228 e. The van der Waals surface area contributed by atoms with Crippen molar-refractivity contribution in [2.75, 3.05) is 0 Å². The zero-order valence-electron chi connectivity index (χ0n) is 9.39. The SMILES string of the molecule is O=C(c1ccco1)c1ccc(Br)c2ccccc12. The molecule has 2 aromatic carbocycles. The molecule has 1 heterocycles. The van der Waals surface area contributed by atoms with Crippen LogP contribution in [-0.2, 0) is 0 Å². The number of carbonyl (C=O) groups is 1. The Morgan fingerprint density at radius 2 is 1.72 bits per heavy atom. The molecule has 2 nitrogen and oxygen atoms in total. The highest BCUT2D eigenvalue weighted by atomic mass is 79.9. The van der Waals surface area contributed by atoms with E-state index in [1.807, 2.05) is 36.4 Å². The fourth-order valence-electron chi connectivity index (χ4n) is 2.00. The fraction of sp³-hybridized carbons (Fsp3) is 0. The lowest BCUT2D eigenvalue weighted by atomic mass is 10.0. The summed E-state index contributed by atoms with van der Waals surface area (Å²) in [6.45, 7) is 0. The van der Waals surface area contributed by atoms with Gasteiger partial charge in [0.05, 0.1) is 6.26 Å². The van der Waals surface area contributed by atoms with Crippen LogP contribution in [0, 0.1) is 0 Å². The molecule has 0 aliphatic carbocycles. The normalized spacial score (nSPS) is 10.7. The van der Waals surface area contributed by atoms with E-state index in [-0.39, 0.29) is 5.78 Å². The van der Waals surface area contributed by atoms with Crippen LogP contribution in [0.15, 0.2) is 63.7 Å². The molecule has 3 rings (SSSR count). The standard InChI is InChI=1S/C15H9BrO2/c16-13-8-7-12(10-4-1-2-5-11(10)13)15(17)14-6-3-9-18-14/h1-9H.